The molecule has 0 bridgehead atoms. The minimum atomic E-state index is -1.46. The molecule has 0 aliphatic carbocycles. The summed E-state index contributed by atoms with van der Waals surface area (Å²) in [6.45, 7) is 0.913. The molecule has 0 aromatic heterocycles. The number of carboxylic acid groups (broad SMARTS) is 1. The van der Waals surface area contributed by atoms with Crippen LogP contribution >= 0.6 is 11.6 Å². The molecule has 2 unspecified atom stereocenters. The lowest BCUT2D eigenvalue weighted by Gasteiger charge is -2.27. The van der Waals surface area contributed by atoms with Crippen molar-refractivity contribution in [2.24, 2.45) is 0 Å². The number of hydrogen-bond donors (Lipinski definition) is 2. The highest BCUT2D eigenvalue weighted by atomic mass is 35.5. The number of fused-ring (bicyclic) bond motifs is 1. The first-order chi connectivity index (χ1) is 14.1. The summed E-state index contributed by atoms with van der Waals surface area (Å²) in [5.41, 5.74) is 3.59. The zero-order chi connectivity index (χ0) is 20.2. The largest absolute Gasteiger partial charge is 0.476 e. The number of aliphatic carboxylic acids is 1. The predicted molar refractivity (Wildman–Crippen MR) is 112 cm³/mol. The average Bonchev–Trinajstić information content (AvgIpc) is 2.75. The molecule has 1 aliphatic rings. The van der Waals surface area contributed by atoms with Gasteiger partial charge in [-0.05, 0) is 60.0 Å². The van der Waals surface area contributed by atoms with Crippen LogP contribution in [-0.2, 0) is 4.79 Å². The molecule has 0 saturated heterocycles. The van der Waals surface area contributed by atoms with E-state index in [0.717, 1.165) is 24.2 Å². The maximum absolute atomic E-state index is 11.5. The van der Waals surface area contributed by atoms with Crippen LogP contribution in [-0.4, -0.2) is 23.9 Å². The van der Waals surface area contributed by atoms with Crippen molar-refractivity contribution in [1.82, 2.24) is 0 Å². The second kappa shape index (κ2) is 8.45. The molecule has 2 atom stereocenters. The molecule has 0 saturated carbocycles. The molecule has 0 amide bonds. The molecule has 29 heavy (non-hydrogen) atoms. The molecule has 1 aliphatic heterocycles. The van der Waals surface area contributed by atoms with Crippen LogP contribution in [0.25, 0.3) is 0 Å². The SMILES string of the molecule is O=C(O)C(Oc1ccc(Cl)cc1)Oc1ccc(C2CCNc3ccccc32)cc1. The number of benzene rings is 3. The van der Waals surface area contributed by atoms with Gasteiger partial charge < -0.3 is 19.9 Å². The van der Waals surface area contributed by atoms with Crippen molar-refractivity contribution < 1.29 is 19.4 Å². The highest BCUT2D eigenvalue weighted by Gasteiger charge is 2.23. The molecule has 148 valence electrons. The van der Waals surface area contributed by atoms with Crippen molar-refractivity contribution in [2.75, 3.05) is 11.9 Å². The third-order valence-corrected chi connectivity index (χ3v) is 5.12. The van der Waals surface area contributed by atoms with Gasteiger partial charge in [-0.25, -0.2) is 4.79 Å². The minimum Gasteiger partial charge on any atom is -0.476 e. The number of halogens is 1. The van der Waals surface area contributed by atoms with E-state index >= 15 is 0 Å². The molecule has 3 aromatic carbocycles. The Hall–Kier alpha value is -3.18. The van der Waals surface area contributed by atoms with Crippen LogP contribution in [0.2, 0.25) is 5.02 Å². The zero-order valence-corrected chi connectivity index (χ0v) is 16.3. The molecule has 0 fully saturated rings. The van der Waals surface area contributed by atoms with Crippen molar-refractivity contribution in [3.8, 4) is 11.5 Å². The lowest BCUT2D eigenvalue weighted by atomic mass is 9.85. The number of carboxylic acids is 1. The highest BCUT2D eigenvalue weighted by Crippen LogP contribution is 2.36. The fourth-order valence-electron chi connectivity index (χ4n) is 3.48. The van der Waals surface area contributed by atoms with E-state index in [2.05, 4.69) is 17.4 Å². The standard InChI is InChI=1S/C23H20ClNO4/c24-16-7-11-18(12-8-16)29-23(22(26)27)28-17-9-5-15(6-10-17)19-13-14-25-21-4-2-1-3-20(19)21/h1-12,19,23,25H,13-14H2,(H,26,27). The summed E-state index contributed by atoms with van der Waals surface area (Å²) in [5.74, 6) is -0.125. The van der Waals surface area contributed by atoms with E-state index in [0.29, 0.717) is 22.4 Å². The topological polar surface area (TPSA) is 67.8 Å². The maximum Gasteiger partial charge on any atom is 0.387 e. The van der Waals surface area contributed by atoms with E-state index < -0.39 is 12.3 Å². The molecular weight excluding hydrogens is 390 g/mol. The first-order valence-corrected chi connectivity index (χ1v) is 9.72. The van der Waals surface area contributed by atoms with Crippen LogP contribution in [0.1, 0.15) is 23.5 Å². The Morgan fingerprint density at radius 3 is 2.24 bits per heavy atom. The van der Waals surface area contributed by atoms with Crippen molar-refractivity contribution in [3.05, 3.63) is 88.9 Å². The van der Waals surface area contributed by atoms with Gasteiger partial charge in [-0.3, -0.25) is 0 Å². The molecule has 2 N–H and O–H groups in total. The smallest absolute Gasteiger partial charge is 0.387 e. The Labute approximate surface area is 173 Å². The van der Waals surface area contributed by atoms with Crippen LogP contribution in [0.5, 0.6) is 11.5 Å². The summed E-state index contributed by atoms with van der Waals surface area (Å²) in [5, 5.41) is 13.4. The maximum atomic E-state index is 11.5. The molecule has 6 heteroatoms. The zero-order valence-electron chi connectivity index (χ0n) is 15.5. The van der Waals surface area contributed by atoms with Gasteiger partial charge >= 0.3 is 12.3 Å². The molecule has 1 heterocycles. The number of nitrogens with one attached hydrogen (secondary N) is 1. The van der Waals surface area contributed by atoms with Gasteiger partial charge in [0.25, 0.3) is 0 Å². The second-order valence-electron chi connectivity index (χ2n) is 6.78. The van der Waals surface area contributed by atoms with Gasteiger partial charge in [-0.15, -0.1) is 0 Å². The lowest BCUT2D eigenvalue weighted by molar-refractivity contribution is -0.158. The first-order valence-electron chi connectivity index (χ1n) is 9.34. The van der Waals surface area contributed by atoms with E-state index in [-0.39, 0.29) is 0 Å². The third-order valence-electron chi connectivity index (χ3n) is 4.87. The summed E-state index contributed by atoms with van der Waals surface area (Å²) in [6.07, 6.45) is -0.462. The Bertz CT molecular complexity index is 989. The first kappa shape index (κ1) is 19.2. The quantitative estimate of drug-likeness (QED) is 0.550. The fraction of sp³-hybridized carbons (Fsp3) is 0.174. The van der Waals surface area contributed by atoms with Gasteiger partial charge in [0.15, 0.2) is 0 Å². The molecular formula is C23H20ClNO4. The van der Waals surface area contributed by atoms with Crippen LogP contribution in [0.4, 0.5) is 5.69 Å². The number of ether oxygens (including phenoxy) is 2. The van der Waals surface area contributed by atoms with E-state index in [1.54, 1.807) is 36.4 Å². The molecule has 5 nitrogen and oxygen atoms in total. The van der Waals surface area contributed by atoms with E-state index in [1.807, 2.05) is 24.3 Å². The Kier molecular flexibility index (Phi) is 5.58. The number of anilines is 1. The number of carbonyl (C=O) groups is 1. The van der Waals surface area contributed by atoms with Gasteiger partial charge in [-0.2, -0.15) is 0 Å². The Morgan fingerprint density at radius 2 is 1.59 bits per heavy atom. The van der Waals surface area contributed by atoms with Gasteiger partial charge in [0, 0.05) is 23.2 Å². The minimum absolute atomic E-state index is 0.294. The molecule has 0 spiro atoms. The van der Waals surface area contributed by atoms with Crippen molar-refractivity contribution in [2.45, 2.75) is 18.6 Å². The summed E-state index contributed by atoms with van der Waals surface area (Å²) in [4.78, 5) is 11.5. The van der Waals surface area contributed by atoms with Crippen LogP contribution in [0.3, 0.4) is 0 Å². The summed E-state index contributed by atoms with van der Waals surface area (Å²) < 4.78 is 11.0. The normalized spacial score (nSPS) is 16.2. The van der Waals surface area contributed by atoms with E-state index in [9.17, 15) is 9.90 Å². The van der Waals surface area contributed by atoms with Gasteiger partial charge in [0.2, 0.25) is 0 Å². The number of para-hydroxylation sites is 1. The van der Waals surface area contributed by atoms with Crippen LogP contribution in [0.15, 0.2) is 72.8 Å². The van der Waals surface area contributed by atoms with Crippen molar-refractivity contribution >= 4 is 23.3 Å². The molecule has 3 aromatic rings. The number of hydrogen-bond acceptors (Lipinski definition) is 4. The monoisotopic (exact) mass is 409 g/mol. The lowest BCUT2D eigenvalue weighted by Crippen LogP contribution is -2.33. The Morgan fingerprint density at radius 1 is 0.966 bits per heavy atom. The van der Waals surface area contributed by atoms with E-state index in [4.69, 9.17) is 21.1 Å². The highest BCUT2D eigenvalue weighted by molar-refractivity contribution is 6.30. The summed E-state index contributed by atoms with van der Waals surface area (Å²) >= 11 is 5.84. The fourth-order valence-corrected chi connectivity index (χ4v) is 3.60. The average molecular weight is 410 g/mol. The van der Waals surface area contributed by atoms with Crippen LogP contribution < -0.4 is 14.8 Å². The second-order valence-corrected chi connectivity index (χ2v) is 7.22. The predicted octanol–water partition coefficient (Wildman–Crippen LogP) is 5.16. The molecule has 0 radical (unpaired) electrons. The third kappa shape index (κ3) is 4.46. The number of rotatable bonds is 6. The summed E-state index contributed by atoms with van der Waals surface area (Å²) in [6, 6.07) is 22.2. The summed E-state index contributed by atoms with van der Waals surface area (Å²) in [7, 11) is 0. The van der Waals surface area contributed by atoms with Crippen molar-refractivity contribution in [3.63, 3.8) is 0 Å². The Balaban J connectivity index is 1.48. The molecule has 4 rings (SSSR count). The van der Waals surface area contributed by atoms with Gasteiger partial charge in [0.05, 0.1) is 0 Å². The van der Waals surface area contributed by atoms with Crippen LogP contribution in [0, 0.1) is 0 Å². The van der Waals surface area contributed by atoms with Gasteiger partial charge in [0.1, 0.15) is 11.5 Å². The van der Waals surface area contributed by atoms with E-state index in [1.165, 1.54) is 5.56 Å². The van der Waals surface area contributed by atoms with Crippen molar-refractivity contribution in [1.29, 1.82) is 0 Å². The van der Waals surface area contributed by atoms with Gasteiger partial charge in [-0.1, -0.05) is 41.9 Å².